The number of nitrogens with two attached hydrogens (primary N) is 2. The van der Waals surface area contributed by atoms with Crippen LogP contribution in [0.4, 0.5) is 5.82 Å². The van der Waals surface area contributed by atoms with Crippen LogP contribution in [0.3, 0.4) is 0 Å². The Balaban J connectivity index is 1.90. The molecule has 0 saturated carbocycles. The fraction of sp³-hybridized carbons (Fsp3) is 0.450. The zero-order valence-electron chi connectivity index (χ0n) is 18.6. The molecule has 1 aromatic heterocycles. The molecule has 0 fully saturated rings. The molecule has 2 heterocycles. The van der Waals surface area contributed by atoms with E-state index in [9.17, 15) is 8.42 Å². The molecule has 0 radical (unpaired) electrons. The zero-order chi connectivity index (χ0) is 23.0. The van der Waals surface area contributed by atoms with Crippen molar-refractivity contribution in [1.82, 2.24) is 4.57 Å². The van der Waals surface area contributed by atoms with E-state index >= 15 is 0 Å². The highest BCUT2D eigenvalue weighted by atomic mass is 32.2. The average molecular weight is 466 g/mol. The van der Waals surface area contributed by atoms with E-state index in [4.69, 9.17) is 20.9 Å². The first-order valence-corrected chi connectivity index (χ1v) is 15.5. The summed E-state index contributed by atoms with van der Waals surface area (Å²) in [5.74, 6) is -0.196. The SMILES string of the molecule is COc1cc(S(C)(=O)=O)ccc1C1(N)N=C(N)c2ccn(COCC[Si](C)(C)C)c2N1. The maximum absolute atomic E-state index is 11.9. The van der Waals surface area contributed by atoms with Crippen molar-refractivity contribution in [2.75, 3.05) is 25.3 Å². The van der Waals surface area contributed by atoms with Crippen molar-refractivity contribution in [1.29, 1.82) is 0 Å². The third-order valence-electron chi connectivity index (χ3n) is 5.08. The second-order valence-corrected chi connectivity index (χ2v) is 16.6. The first-order chi connectivity index (χ1) is 14.3. The van der Waals surface area contributed by atoms with Crippen LogP contribution < -0.4 is 21.5 Å². The van der Waals surface area contributed by atoms with Crippen molar-refractivity contribution in [3.8, 4) is 5.75 Å². The second-order valence-electron chi connectivity index (χ2n) is 8.92. The summed E-state index contributed by atoms with van der Waals surface area (Å²) in [5, 5.41) is 3.23. The lowest BCUT2D eigenvalue weighted by Gasteiger charge is -2.33. The second kappa shape index (κ2) is 8.30. The van der Waals surface area contributed by atoms with E-state index in [1.165, 1.54) is 19.2 Å². The number of sulfone groups is 1. The Morgan fingerprint density at radius 1 is 1.26 bits per heavy atom. The highest BCUT2D eigenvalue weighted by Gasteiger charge is 2.36. The summed E-state index contributed by atoms with van der Waals surface area (Å²) in [6.45, 7) is 7.94. The Morgan fingerprint density at radius 2 is 1.97 bits per heavy atom. The van der Waals surface area contributed by atoms with Gasteiger partial charge in [0.25, 0.3) is 0 Å². The van der Waals surface area contributed by atoms with Gasteiger partial charge in [-0.1, -0.05) is 19.6 Å². The Labute approximate surface area is 184 Å². The van der Waals surface area contributed by atoms with E-state index in [2.05, 4.69) is 30.0 Å². The number of anilines is 1. The third kappa shape index (κ3) is 5.12. The number of methoxy groups -OCH3 is 1. The van der Waals surface area contributed by atoms with Crippen molar-refractivity contribution < 1.29 is 17.9 Å². The number of nitrogens with one attached hydrogen (secondary N) is 1. The highest BCUT2D eigenvalue weighted by Crippen LogP contribution is 2.36. The van der Waals surface area contributed by atoms with E-state index < -0.39 is 23.7 Å². The summed E-state index contributed by atoms with van der Waals surface area (Å²) >= 11 is 0. The first kappa shape index (κ1) is 23.3. The number of ether oxygens (including phenoxy) is 2. The molecule has 1 aliphatic heterocycles. The summed E-state index contributed by atoms with van der Waals surface area (Å²) in [6, 6.07) is 7.41. The molecule has 0 aliphatic carbocycles. The Hall–Kier alpha value is -2.34. The van der Waals surface area contributed by atoms with Crippen molar-refractivity contribution in [3.05, 3.63) is 41.6 Å². The number of hydrogen-bond acceptors (Lipinski definition) is 8. The molecule has 1 unspecified atom stereocenters. The minimum absolute atomic E-state index is 0.129. The molecule has 2 aromatic rings. The highest BCUT2D eigenvalue weighted by molar-refractivity contribution is 7.90. The number of rotatable bonds is 8. The van der Waals surface area contributed by atoms with Gasteiger partial charge in [0.05, 0.1) is 23.1 Å². The lowest BCUT2D eigenvalue weighted by molar-refractivity contribution is 0.0884. The number of amidine groups is 1. The summed E-state index contributed by atoms with van der Waals surface area (Å²) in [7, 11) is -3.13. The van der Waals surface area contributed by atoms with Crippen LogP contribution in [0, 0.1) is 0 Å². The first-order valence-electron chi connectivity index (χ1n) is 9.92. The molecule has 1 aliphatic rings. The molecular weight excluding hydrogens is 434 g/mol. The van der Waals surface area contributed by atoms with E-state index in [0.717, 1.165) is 17.9 Å². The Bertz CT molecular complexity index is 1110. The molecule has 11 heteroatoms. The maximum atomic E-state index is 11.9. The van der Waals surface area contributed by atoms with Crippen LogP contribution in [0.15, 0.2) is 40.4 Å². The molecule has 0 spiro atoms. The zero-order valence-corrected chi connectivity index (χ0v) is 20.4. The molecule has 170 valence electrons. The van der Waals surface area contributed by atoms with E-state index in [1.807, 2.05) is 16.8 Å². The summed E-state index contributed by atoms with van der Waals surface area (Å²) in [6.07, 6.45) is 3.00. The molecule has 0 bridgehead atoms. The van der Waals surface area contributed by atoms with Gasteiger partial charge in [-0.25, -0.2) is 13.4 Å². The maximum Gasteiger partial charge on any atom is 0.216 e. The number of hydrogen-bond donors (Lipinski definition) is 3. The normalized spacial score (nSPS) is 18.8. The number of fused-ring (bicyclic) bond motifs is 1. The standard InChI is InChI=1S/C20H31N5O4SSi/c1-28-17-12-14(30(2,26)27)6-7-16(17)20(22)23-18(21)15-8-9-25(19(15)24-20)13-29-10-11-31(3,4)5/h6-9,12,24H,10-11,13,22H2,1-5H3,(H2,21,23). The van der Waals surface area contributed by atoms with Crippen LogP contribution in [-0.4, -0.2) is 46.9 Å². The third-order valence-corrected chi connectivity index (χ3v) is 7.90. The average Bonchev–Trinajstić information content (AvgIpc) is 3.06. The van der Waals surface area contributed by atoms with Crippen molar-refractivity contribution >= 4 is 29.6 Å². The largest absolute Gasteiger partial charge is 0.496 e. The van der Waals surface area contributed by atoms with Crippen LogP contribution in [0.2, 0.25) is 25.7 Å². The van der Waals surface area contributed by atoms with Crippen LogP contribution >= 0.6 is 0 Å². The lowest BCUT2D eigenvalue weighted by atomic mass is 10.0. The molecular formula is C20H31N5O4SSi. The van der Waals surface area contributed by atoms with Gasteiger partial charge in [-0.2, -0.15) is 0 Å². The van der Waals surface area contributed by atoms with Gasteiger partial charge in [-0.05, 0) is 30.3 Å². The number of nitrogens with zero attached hydrogens (tertiary/aromatic N) is 2. The molecule has 0 amide bonds. The molecule has 0 saturated heterocycles. The fourth-order valence-electron chi connectivity index (χ4n) is 3.27. The predicted octanol–water partition coefficient (Wildman–Crippen LogP) is 2.11. The van der Waals surface area contributed by atoms with Crippen molar-refractivity contribution in [3.63, 3.8) is 0 Å². The number of benzene rings is 1. The van der Waals surface area contributed by atoms with E-state index in [0.29, 0.717) is 30.5 Å². The molecule has 1 aromatic carbocycles. The van der Waals surface area contributed by atoms with Crippen LogP contribution in [0.1, 0.15) is 11.1 Å². The Morgan fingerprint density at radius 3 is 2.58 bits per heavy atom. The monoisotopic (exact) mass is 465 g/mol. The van der Waals surface area contributed by atoms with Gasteiger partial charge in [0.1, 0.15) is 24.1 Å². The van der Waals surface area contributed by atoms with Gasteiger partial charge in [0.15, 0.2) is 9.84 Å². The fourth-order valence-corrected chi connectivity index (χ4v) is 4.66. The summed E-state index contributed by atoms with van der Waals surface area (Å²) in [5.41, 5.74) is 14.0. The van der Waals surface area contributed by atoms with Crippen LogP contribution in [-0.2, 0) is 27.1 Å². The molecule has 1 atom stereocenters. The van der Waals surface area contributed by atoms with E-state index in [1.54, 1.807) is 6.07 Å². The van der Waals surface area contributed by atoms with Gasteiger partial charge in [0, 0.05) is 27.1 Å². The predicted molar refractivity (Wildman–Crippen MR) is 125 cm³/mol. The van der Waals surface area contributed by atoms with Crippen LogP contribution in [0.5, 0.6) is 5.75 Å². The van der Waals surface area contributed by atoms with Gasteiger partial charge < -0.3 is 25.1 Å². The lowest BCUT2D eigenvalue weighted by Crippen LogP contribution is -2.48. The quantitative estimate of drug-likeness (QED) is 0.401. The molecule has 3 rings (SSSR count). The van der Waals surface area contributed by atoms with E-state index in [-0.39, 0.29) is 10.7 Å². The molecule has 9 nitrogen and oxygen atoms in total. The topological polar surface area (TPSA) is 134 Å². The van der Waals surface area contributed by atoms with Gasteiger partial charge in [0.2, 0.25) is 5.79 Å². The molecule has 31 heavy (non-hydrogen) atoms. The van der Waals surface area contributed by atoms with Gasteiger partial charge >= 0.3 is 0 Å². The smallest absolute Gasteiger partial charge is 0.216 e. The number of aliphatic imine (C=N–C) groups is 1. The Kier molecular flexibility index (Phi) is 6.25. The minimum Gasteiger partial charge on any atom is -0.496 e. The van der Waals surface area contributed by atoms with Crippen molar-refractivity contribution in [2.24, 2.45) is 16.5 Å². The van der Waals surface area contributed by atoms with Crippen LogP contribution in [0.25, 0.3) is 0 Å². The molecule has 5 N–H and O–H groups in total. The summed E-state index contributed by atoms with van der Waals surface area (Å²) in [4.78, 5) is 4.58. The van der Waals surface area contributed by atoms with Gasteiger partial charge in [-0.15, -0.1) is 0 Å². The summed E-state index contributed by atoms with van der Waals surface area (Å²) < 4.78 is 37.0. The minimum atomic E-state index is -3.40. The van der Waals surface area contributed by atoms with Gasteiger partial charge in [-0.3, -0.25) is 5.73 Å². The van der Waals surface area contributed by atoms with Crippen molar-refractivity contribution in [2.45, 2.75) is 43.1 Å². The number of aromatic nitrogens is 1.